The van der Waals surface area contributed by atoms with Crippen LogP contribution in [-0.2, 0) is 11.3 Å². The van der Waals surface area contributed by atoms with E-state index in [4.69, 9.17) is 9.26 Å². The molecule has 1 saturated heterocycles. The third-order valence-corrected chi connectivity index (χ3v) is 2.18. The maximum absolute atomic E-state index is 5.00. The molecule has 0 aliphatic carbocycles. The highest BCUT2D eigenvalue weighted by molar-refractivity contribution is 4.99. The van der Waals surface area contributed by atoms with Crippen LogP contribution in [0.3, 0.4) is 0 Å². The smallest absolute Gasteiger partial charge is 0.252 e. The van der Waals surface area contributed by atoms with Crippen molar-refractivity contribution in [2.45, 2.75) is 18.9 Å². The van der Waals surface area contributed by atoms with Gasteiger partial charge in [0.1, 0.15) is 6.61 Å². The third-order valence-electron chi connectivity index (χ3n) is 2.18. The van der Waals surface area contributed by atoms with Crippen molar-refractivity contribution in [2.24, 2.45) is 0 Å². The molecule has 5 heteroatoms. The molecule has 1 atom stereocenters. The average Bonchev–Trinajstić information content (AvgIpc) is 2.70. The van der Waals surface area contributed by atoms with Crippen LogP contribution in [0.5, 0.6) is 0 Å². The molecule has 0 saturated carbocycles. The van der Waals surface area contributed by atoms with E-state index in [0.717, 1.165) is 25.3 Å². The highest BCUT2D eigenvalue weighted by atomic mass is 16.5. The van der Waals surface area contributed by atoms with E-state index in [-0.39, 0.29) is 0 Å². The fourth-order valence-electron chi connectivity index (χ4n) is 1.49. The summed E-state index contributed by atoms with van der Waals surface area (Å²) in [7, 11) is 1.61. The minimum Gasteiger partial charge on any atom is -0.375 e. The molecular formula is C8H13N3O2. The number of nitrogens with one attached hydrogen (secondary N) is 1. The summed E-state index contributed by atoms with van der Waals surface area (Å²) in [4.78, 5) is 4.24. The van der Waals surface area contributed by atoms with Gasteiger partial charge in [-0.3, -0.25) is 0 Å². The van der Waals surface area contributed by atoms with Crippen LogP contribution in [-0.4, -0.2) is 30.3 Å². The van der Waals surface area contributed by atoms with Crippen molar-refractivity contribution in [3.63, 3.8) is 0 Å². The van der Waals surface area contributed by atoms with Crippen LogP contribution < -0.4 is 5.32 Å². The Morgan fingerprint density at radius 2 is 2.62 bits per heavy atom. The maximum atomic E-state index is 5.00. The van der Waals surface area contributed by atoms with Crippen molar-refractivity contribution < 1.29 is 9.26 Å². The van der Waals surface area contributed by atoms with Crippen LogP contribution >= 0.6 is 0 Å². The number of methoxy groups -OCH3 is 1. The number of hydrogen-bond acceptors (Lipinski definition) is 5. The quantitative estimate of drug-likeness (QED) is 0.730. The number of aromatic nitrogens is 2. The topological polar surface area (TPSA) is 60.2 Å². The zero-order valence-corrected chi connectivity index (χ0v) is 7.62. The Labute approximate surface area is 76.5 Å². The SMILES string of the molecule is COCc1nc([C@@H]2CCNC2)no1. The van der Waals surface area contributed by atoms with E-state index in [1.807, 2.05) is 0 Å². The molecule has 72 valence electrons. The van der Waals surface area contributed by atoms with E-state index >= 15 is 0 Å². The van der Waals surface area contributed by atoms with E-state index in [9.17, 15) is 0 Å². The van der Waals surface area contributed by atoms with Crippen LogP contribution in [0.15, 0.2) is 4.52 Å². The third kappa shape index (κ3) is 1.87. The highest BCUT2D eigenvalue weighted by Gasteiger charge is 2.21. The van der Waals surface area contributed by atoms with Gasteiger partial charge in [0.05, 0.1) is 0 Å². The molecule has 1 aromatic heterocycles. The molecule has 2 heterocycles. The fraction of sp³-hybridized carbons (Fsp3) is 0.750. The largest absolute Gasteiger partial charge is 0.375 e. The normalized spacial score (nSPS) is 22.4. The Bertz CT molecular complexity index is 268. The molecule has 1 fully saturated rings. The fourth-order valence-corrected chi connectivity index (χ4v) is 1.49. The second-order valence-electron chi connectivity index (χ2n) is 3.17. The maximum Gasteiger partial charge on any atom is 0.252 e. The van der Waals surface area contributed by atoms with E-state index in [1.165, 1.54) is 0 Å². The van der Waals surface area contributed by atoms with Crippen LogP contribution in [0.1, 0.15) is 24.1 Å². The molecule has 0 unspecified atom stereocenters. The van der Waals surface area contributed by atoms with Crippen molar-refractivity contribution in [2.75, 3.05) is 20.2 Å². The molecule has 1 N–H and O–H groups in total. The standard InChI is InChI=1S/C8H13N3O2/c1-12-5-7-10-8(11-13-7)6-2-3-9-4-6/h6,9H,2-5H2,1H3/t6-/m1/s1. The molecule has 5 nitrogen and oxygen atoms in total. The van der Waals surface area contributed by atoms with Crippen LogP contribution in [0, 0.1) is 0 Å². The predicted molar refractivity (Wildman–Crippen MR) is 45.2 cm³/mol. The number of ether oxygens (including phenoxy) is 1. The first kappa shape index (κ1) is 8.65. The molecule has 0 bridgehead atoms. The second-order valence-corrected chi connectivity index (χ2v) is 3.17. The zero-order valence-electron chi connectivity index (χ0n) is 7.62. The first-order chi connectivity index (χ1) is 6.40. The van der Waals surface area contributed by atoms with Gasteiger partial charge in [-0.1, -0.05) is 5.16 Å². The molecule has 2 rings (SSSR count). The summed E-state index contributed by atoms with van der Waals surface area (Å²) in [6.45, 7) is 2.39. The summed E-state index contributed by atoms with van der Waals surface area (Å²) < 4.78 is 9.90. The number of nitrogens with zero attached hydrogens (tertiary/aromatic N) is 2. The van der Waals surface area contributed by atoms with Gasteiger partial charge in [0.15, 0.2) is 5.82 Å². The van der Waals surface area contributed by atoms with Gasteiger partial charge in [0.25, 0.3) is 5.89 Å². The highest BCUT2D eigenvalue weighted by Crippen LogP contribution is 2.18. The Balaban J connectivity index is 2.03. The predicted octanol–water partition coefficient (Wildman–Crippen LogP) is 0.293. The van der Waals surface area contributed by atoms with Gasteiger partial charge in [-0.2, -0.15) is 4.98 Å². The molecule has 1 aliphatic heterocycles. The van der Waals surface area contributed by atoms with Crippen molar-refractivity contribution in [1.29, 1.82) is 0 Å². The molecule has 0 amide bonds. The Kier molecular flexibility index (Phi) is 2.56. The molecule has 1 aromatic rings. The monoisotopic (exact) mass is 183 g/mol. The van der Waals surface area contributed by atoms with Gasteiger partial charge < -0.3 is 14.6 Å². The van der Waals surface area contributed by atoms with Crippen molar-refractivity contribution in [3.05, 3.63) is 11.7 Å². The summed E-state index contributed by atoms with van der Waals surface area (Å²) in [5.41, 5.74) is 0. The Morgan fingerprint density at radius 1 is 1.69 bits per heavy atom. The Morgan fingerprint density at radius 3 is 3.31 bits per heavy atom. The first-order valence-electron chi connectivity index (χ1n) is 4.42. The lowest BCUT2D eigenvalue weighted by molar-refractivity contribution is 0.151. The minimum atomic E-state index is 0.396. The molecule has 0 spiro atoms. The second kappa shape index (κ2) is 3.85. The lowest BCUT2D eigenvalue weighted by Gasteiger charge is -1.98. The van der Waals surface area contributed by atoms with Crippen molar-refractivity contribution >= 4 is 0 Å². The molecule has 1 aliphatic rings. The van der Waals surface area contributed by atoms with E-state index in [1.54, 1.807) is 7.11 Å². The summed E-state index contributed by atoms with van der Waals surface area (Å²) in [5.74, 6) is 1.77. The lowest BCUT2D eigenvalue weighted by atomic mass is 10.1. The summed E-state index contributed by atoms with van der Waals surface area (Å²) >= 11 is 0. The van der Waals surface area contributed by atoms with Gasteiger partial charge in [-0.05, 0) is 13.0 Å². The van der Waals surface area contributed by atoms with Gasteiger partial charge in [0, 0.05) is 19.6 Å². The first-order valence-corrected chi connectivity index (χ1v) is 4.42. The van der Waals surface area contributed by atoms with Gasteiger partial charge in [0.2, 0.25) is 0 Å². The molecule has 13 heavy (non-hydrogen) atoms. The molecule has 0 radical (unpaired) electrons. The average molecular weight is 183 g/mol. The van der Waals surface area contributed by atoms with Crippen LogP contribution in [0.2, 0.25) is 0 Å². The van der Waals surface area contributed by atoms with E-state index < -0.39 is 0 Å². The van der Waals surface area contributed by atoms with E-state index in [0.29, 0.717) is 18.4 Å². The van der Waals surface area contributed by atoms with E-state index in [2.05, 4.69) is 15.5 Å². The Hall–Kier alpha value is -0.940. The molecule has 0 aromatic carbocycles. The minimum absolute atomic E-state index is 0.396. The van der Waals surface area contributed by atoms with Gasteiger partial charge >= 0.3 is 0 Å². The summed E-state index contributed by atoms with van der Waals surface area (Å²) in [6, 6.07) is 0. The number of rotatable bonds is 3. The van der Waals surface area contributed by atoms with Crippen LogP contribution in [0.4, 0.5) is 0 Å². The molecular weight excluding hydrogens is 170 g/mol. The van der Waals surface area contributed by atoms with Crippen molar-refractivity contribution in [1.82, 2.24) is 15.5 Å². The van der Waals surface area contributed by atoms with Gasteiger partial charge in [-0.25, -0.2) is 0 Å². The van der Waals surface area contributed by atoms with Gasteiger partial charge in [-0.15, -0.1) is 0 Å². The van der Waals surface area contributed by atoms with Crippen LogP contribution in [0.25, 0.3) is 0 Å². The zero-order chi connectivity index (χ0) is 9.10. The lowest BCUT2D eigenvalue weighted by Crippen LogP contribution is -2.08. The summed E-state index contributed by atoms with van der Waals surface area (Å²) in [5, 5.41) is 7.17. The number of hydrogen-bond donors (Lipinski definition) is 1. The summed E-state index contributed by atoms with van der Waals surface area (Å²) in [6.07, 6.45) is 1.09. The van der Waals surface area contributed by atoms with Crippen molar-refractivity contribution in [3.8, 4) is 0 Å².